The molecule has 0 saturated carbocycles. The van der Waals surface area contributed by atoms with Gasteiger partial charge in [0.25, 0.3) is 0 Å². The lowest BCUT2D eigenvalue weighted by Gasteiger charge is -2.13. The Kier molecular flexibility index (Phi) is 3.94. The van der Waals surface area contributed by atoms with Crippen LogP contribution in [0.4, 0.5) is 0 Å². The molecule has 4 N–H and O–H groups in total. The van der Waals surface area contributed by atoms with E-state index in [4.69, 9.17) is 11.0 Å². The summed E-state index contributed by atoms with van der Waals surface area (Å²) in [6.45, 7) is 3.65. The lowest BCUT2D eigenvalue weighted by atomic mass is 10.6. The molecule has 0 aromatic heterocycles. The maximum Gasteiger partial charge on any atom is 0.207 e. The summed E-state index contributed by atoms with van der Waals surface area (Å²) in [6.07, 6.45) is 1.50. The molecule has 0 bridgehead atoms. The molecule has 0 saturated heterocycles. The van der Waals surface area contributed by atoms with Crippen molar-refractivity contribution in [2.45, 2.75) is 0 Å². The SMILES string of the molecule is C=CCN(O)C(=S)NN. The van der Waals surface area contributed by atoms with Crippen molar-refractivity contribution in [3.8, 4) is 0 Å². The quantitative estimate of drug-likeness (QED) is 0.215. The van der Waals surface area contributed by atoms with E-state index in [1.807, 2.05) is 0 Å². The molecule has 0 aliphatic heterocycles. The zero-order valence-corrected chi connectivity index (χ0v) is 5.69. The topological polar surface area (TPSA) is 61.5 Å². The van der Waals surface area contributed by atoms with E-state index in [1.54, 1.807) is 0 Å². The summed E-state index contributed by atoms with van der Waals surface area (Å²) >= 11 is 4.54. The van der Waals surface area contributed by atoms with Crippen molar-refractivity contribution >= 4 is 17.3 Å². The van der Waals surface area contributed by atoms with Gasteiger partial charge < -0.3 is 0 Å². The van der Waals surface area contributed by atoms with Crippen molar-refractivity contribution in [3.63, 3.8) is 0 Å². The minimum Gasteiger partial charge on any atom is -0.299 e. The Bertz CT molecular complexity index is 116. The summed E-state index contributed by atoms with van der Waals surface area (Å²) in [5, 5.41) is 9.65. The Morgan fingerprint density at radius 2 is 2.56 bits per heavy atom. The van der Waals surface area contributed by atoms with Gasteiger partial charge in [0.15, 0.2) is 0 Å². The van der Waals surface area contributed by atoms with Crippen LogP contribution in [0.1, 0.15) is 0 Å². The highest BCUT2D eigenvalue weighted by Crippen LogP contribution is 1.80. The second kappa shape index (κ2) is 4.25. The highest BCUT2D eigenvalue weighted by atomic mass is 32.1. The standard InChI is InChI=1S/C4H9N3OS/c1-2-3-7(8)4(9)6-5/h2,8H,1,3,5H2,(H,6,9). The number of nitrogens with zero attached hydrogens (tertiary/aromatic N) is 1. The zero-order valence-electron chi connectivity index (χ0n) is 4.87. The highest BCUT2D eigenvalue weighted by molar-refractivity contribution is 7.80. The molecular formula is C4H9N3OS. The monoisotopic (exact) mass is 147 g/mol. The van der Waals surface area contributed by atoms with E-state index in [9.17, 15) is 0 Å². The van der Waals surface area contributed by atoms with Crippen LogP contribution in [0.15, 0.2) is 12.7 Å². The first kappa shape index (κ1) is 8.35. The van der Waals surface area contributed by atoms with Crippen molar-refractivity contribution in [2.75, 3.05) is 6.54 Å². The van der Waals surface area contributed by atoms with Gasteiger partial charge in [-0.2, -0.15) is 0 Å². The third kappa shape index (κ3) is 3.02. The number of hydrogen-bond donors (Lipinski definition) is 3. The number of nitrogens with two attached hydrogens (primary N) is 1. The Hall–Kier alpha value is -0.650. The average molecular weight is 147 g/mol. The Morgan fingerprint density at radius 1 is 2.00 bits per heavy atom. The van der Waals surface area contributed by atoms with Gasteiger partial charge in [0.05, 0.1) is 6.54 Å². The van der Waals surface area contributed by atoms with Crippen LogP contribution in [-0.4, -0.2) is 21.9 Å². The third-order valence-corrected chi connectivity index (χ3v) is 0.989. The number of hydroxylamine groups is 2. The van der Waals surface area contributed by atoms with E-state index >= 15 is 0 Å². The van der Waals surface area contributed by atoms with Gasteiger partial charge >= 0.3 is 0 Å². The van der Waals surface area contributed by atoms with Gasteiger partial charge in [0.1, 0.15) is 0 Å². The minimum atomic E-state index is 0.0786. The van der Waals surface area contributed by atoms with Crippen LogP contribution >= 0.6 is 12.2 Å². The molecule has 0 heterocycles. The van der Waals surface area contributed by atoms with E-state index in [0.29, 0.717) is 0 Å². The van der Waals surface area contributed by atoms with E-state index in [-0.39, 0.29) is 11.7 Å². The summed E-state index contributed by atoms with van der Waals surface area (Å²) in [5.41, 5.74) is 2.11. The molecule has 0 aromatic rings. The average Bonchev–Trinajstić information content (AvgIpc) is 1.87. The molecule has 0 aromatic carbocycles. The first-order valence-corrected chi connectivity index (χ1v) is 2.71. The predicted octanol–water partition coefficient (Wildman–Crippen LogP) is -0.388. The van der Waals surface area contributed by atoms with E-state index in [2.05, 4.69) is 24.2 Å². The van der Waals surface area contributed by atoms with Crippen LogP contribution in [-0.2, 0) is 0 Å². The van der Waals surface area contributed by atoms with Gasteiger partial charge in [-0.05, 0) is 12.2 Å². The number of hydrazine groups is 1. The van der Waals surface area contributed by atoms with Gasteiger partial charge in [-0.1, -0.05) is 6.08 Å². The van der Waals surface area contributed by atoms with Crippen LogP contribution in [0.2, 0.25) is 0 Å². The van der Waals surface area contributed by atoms with E-state index in [0.717, 1.165) is 5.06 Å². The van der Waals surface area contributed by atoms with Gasteiger partial charge in [0, 0.05) is 0 Å². The van der Waals surface area contributed by atoms with Crippen molar-refractivity contribution in [1.29, 1.82) is 0 Å². The molecule has 4 nitrogen and oxygen atoms in total. The van der Waals surface area contributed by atoms with E-state index in [1.165, 1.54) is 6.08 Å². The highest BCUT2D eigenvalue weighted by Gasteiger charge is 1.98. The maximum atomic E-state index is 8.80. The molecule has 0 atom stereocenters. The Labute approximate surface area is 58.9 Å². The van der Waals surface area contributed by atoms with Crippen LogP contribution in [0.3, 0.4) is 0 Å². The molecule has 0 aliphatic rings. The van der Waals surface area contributed by atoms with Crippen molar-refractivity contribution < 1.29 is 5.21 Å². The number of hydrogen-bond acceptors (Lipinski definition) is 3. The maximum absolute atomic E-state index is 8.80. The lowest BCUT2D eigenvalue weighted by molar-refractivity contribution is -0.00352. The van der Waals surface area contributed by atoms with E-state index < -0.39 is 0 Å². The zero-order chi connectivity index (χ0) is 7.28. The largest absolute Gasteiger partial charge is 0.299 e. The number of rotatable bonds is 2. The summed E-state index contributed by atoms with van der Waals surface area (Å²) in [5.74, 6) is 4.88. The molecule has 0 rings (SSSR count). The van der Waals surface area contributed by atoms with Gasteiger partial charge in [-0.15, -0.1) is 6.58 Å². The smallest absolute Gasteiger partial charge is 0.207 e. The molecule has 5 heteroatoms. The number of thiocarbonyl (C=S) groups is 1. The van der Waals surface area contributed by atoms with Crippen molar-refractivity contribution in [1.82, 2.24) is 10.5 Å². The minimum absolute atomic E-state index is 0.0786. The summed E-state index contributed by atoms with van der Waals surface area (Å²) in [6, 6.07) is 0. The third-order valence-electron chi connectivity index (χ3n) is 0.660. The fourth-order valence-corrected chi connectivity index (χ4v) is 0.354. The van der Waals surface area contributed by atoms with Crippen LogP contribution in [0.5, 0.6) is 0 Å². The molecule has 0 radical (unpaired) electrons. The summed E-state index contributed by atoms with van der Waals surface area (Å²) in [4.78, 5) is 0. The van der Waals surface area contributed by atoms with Crippen molar-refractivity contribution in [3.05, 3.63) is 12.7 Å². The summed E-state index contributed by atoms with van der Waals surface area (Å²) in [7, 11) is 0. The normalized spacial score (nSPS) is 8.22. The lowest BCUT2D eigenvalue weighted by Crippen LogP contribution is -2.41. The van der Waals surface area contributed by atoms with Gasteiger partial charge in [-0.25, -0.2) is 10.9 Å². The van der Waals surface area contributed by atoms with Crippen LogP contribution < -0.4 is 11.3 Å². The molecule has 52 valence electrons. The molecular weight excluding hydrogens is 138 g/mol. The predicted molar refractivity (Wildman–Crippen MR) is 38.6 cm³/mol. The molecule has 0 fully saturated rings. The summed E-state index contributed by atoms with van der Waals surface area (Å²) < 4.78 is 0. The molecule has 0 unspecified atom stereocenters. The van der Waals surface area contributed by atoms with Gasteiger partial charge in [0.2, 0.25) is 5.11 Å². The first-order chi connectivity index (χ1) is 4.22. The Balaban J connectivity index is 3.58. The second-order valence-electron chi connectivity index (χ2n) is 1.32. The number of nitrogens with one attached hydrogen (secondary N) is 1. The molecule has 9 heavy (non-hydrogen) atoms. The second-order valence-corrected chi connectivity index (χ2v) is 1.71. The molecule has 0 spiro atoms. The van der Waals surface area contributed by atoms with Crippen LogP contribution in [0, 0.1) is 0 Å². The van der Waals surface area contributed by atoms with Crippen LogP contribution in [0.25, 0.3) is 0 Å². The molecule has 0 aliphatic carbocycles. The van der Waals surface area contributed by atoms with Crippen molar-refractivity contribution in [2.24, 2.45) is 5.84 Å². The molecule has 0 amide bonds. The Morgan fingerprint density at radius 3 is 2.89 bits per heavy atom. The first-order valence-electron chi connectivity index (χ1n) is 2.30. The van der Waals surface area contributed by atoms with Gasteiger partial charge in [-0.3, -0.25) is 10.6 Å². The fraction of sp³-hybridized carbons (Fsp3) is 0.250. The fourth-order valence-electron chi connectivity index (χ4n) is 0.280.